The second kappa shape index (κ2) is 7.54. The summed E-state index contributed by atoms with van der Waals surface area (Å²) >= 11 is 0. The Labute approximate surface area is 169 Å². The molecule has 2 aromatic carbocycles. The van der Waals surface area contributed by atoms with Crippen molar-refractivity contribution in [1.29, 1.82) is 0 Å². The Bertz CT molecular complexity index is 1190. The zero-order chi connectivity index (χ0) is 20.5. The molecular weight excluding hydrogens is 364 g/mol. The van der Waals surface area contributed by atoms with Gasteiger partial charge in [-0.1, -0.05) is 31.5 Å². The number of anilines is 1. The number of aromatic nitrogens is 3. The largest absolute Gasteiger partial charge is 0.497 e. The Morgan fingerprint density at radius 2 is 1.90 bits per heavy atom. The molecule has 0 radical (unpaired) electrons. The van der Waals surface area contributed by atoms with Crippen LogP contribution in [0.1, 0.15) is 29.8 Å². The fourth-order valence-corrected chi connectivity index (χ4v) is 3.31. The molecule has 0 saturated carbocycles. The van der Waals surface area contributed by atoms with Gasteiger partial charge in [0.2, 0.25) is 0 Å². The van der Waals surface area contributed by atoms with Gasteiger partial charge in [-0.3, -0.25) is 4.79 Å². The maximum Gasteiger partial charge on any atom is 0.256 e. The van der Waals surface area contributed by atoms with Gasteiger partial charge in [0.25, 0.3) is 5.91 Å². The van der Waals surface area contributed by atoms with Crippen LogP contribution in [0.25, 0.3) is 21.9 Å². The number of methoxy groups -OCH3 is 1. The molecule has 2 aromatic heterocycles. The Hall–Kier alpha value is -3.41. The molecule has 148 valence electrons. The van der Waals surface area contributed by atoms with E-state index in [0.29, 0.717) is 23.8 Å². The molecule has 4 rings (SSSR count). The molecule has 0 atom stereocenters. The fraction of sp³-hybridized carbons (Fsp3) is 0.261. The summed E-state index contributed by atoms with van der Waals surface area (Å²) in [6.45, 7) is 6.97. The normalized spacial score (nSPS) is 11.3. The van der Waals surface area contributed by atoms with E-state index in [1.807, 2.05) is 60.1 Å². The van der Waals surface area contributed by atoms with E-state index in [9.17, 15) is 4.79 Å². The lowest BCUT2D eigenvalue weighted by Gasteiger charge is -2.06. The zero-order valence-electron chi connectivity index (χ0n) is 17.1. The maximum absolute atomic E-state index is 12.8. The van der Waals surface area contributed by atoms with Crippen molar-refractivity contribution in [3.63, 3.8) is 0 Å². The van der Waals surface area contributed by atoms with Crippen molar-refractivity contribution in [3.05, 3.63) is 59.7 Å². The minimum absolute atomic E-state index is 0.188. The standard InChI is InChI=1S/C23H24N4O2/c1-14(2)13-27-22-19(12-17-11-18(29-4)9-10-20(17)24-22)21(26-27)25-23(28)16-7-5-15(3)6-8-16/h5-12,14H,13H2,1-4H3,(H,25,26,28). The van der Waals surface area contributed by atoms with Gasteiger partial charge in [0.15, 0.2) is 11.5 Å². The Kier molecular flexibility index (Phi) is 4.92. The molecule has 6 heteroatoms. The molecule has 0 aliphatic carbocycles. The van der Waals surface area contributed by atoms with Crippen molar-refractivity contribution < 1.29 is 9.53 Å². The van der Waals surface area contributed by atoms with Crippen LogP contribution in [0.5, 0.6) is 5.75 Å². The number of carbonyl (C=O) groups is 1. The summed E-state index contributed by atoms with van der Waals surface area (Å²) in [6, 6.07) is 15.3. The summed E-state index contributed by atoms with van der Waals surface area (Å²) in [7, 11) is 1.64. The first-order valence-corrected chi connectivity index (χ1v) is 9.68. The van der Waals surface area contributed by atoms with E-state index in [0.717, 1.165) is 33.2 Å². The molecule has 0 aliphatic rings. The molecule has 2 heterocycles. The number of carbonyl (C=O) groups excluding carboxylic acids is 1. The average Bonchev–Trinajstić information content (AvgIpc) is 3.01. The van der Waals surface area contributed by atoms with Gasteiger partial charge in [0, 0.05) is 17.5 Å². The quantitative estimate of drug-likeness (QED) is 0.533. The molecule has 0 saturated heterocycles. The topological polar surface area (TPSA) is 69.0 Å². The monoisotopic (exact) mass is 388 g/mol. The first-order valence-electron chi connectivity index (χ1n) is 9.68. The second-order valence-corrected chi connectivity index (χ2v) is 7.66. The smallest absolute Gasteiger partial charge is 0.256 e. The van der Waals surface area contributed by atoms with Crippen molar-refractivity contribution in [2.24, 2.45) is 5.92 Å². The molecule has 0 aliphatic heterocycles. The molecule has 1 amide bonds. The number of nitrogens with zero attached hydrogens (tertiary/aromatic N) is 3. The van der Waals surface area contributed by atoms with Crippen LogP contribution in [0.3, 0.4) is 0 Å². The lowest BCUT2D eigenvalue weighted by molar-refractivity contribution is 0.102. The lowest BCUT2D eigenvalue weighted by atomic mass is 10.1. The third kappa shape index (κ3) is 3.78. The molecule has 0 fully saturated rings. The minimum Gasteiger partial charge on any atom is -0.497 e. The van der Waals surface area contributed by atoms with Crippen LogP contribution in [-0.2, 0) is 6.54 Å². The van der Waals surface area contributed by atoms with E-state index in [2.05, 4.69) is 24.3 Å². The first-order chi connectivity index (χ1) is 13.9. The van der Waals surface area contributed by atoms with Gasteiger partial charge in [0.1, 0.15) is 5.75 Å². The molecule has 1 N–H and O–H groups in total. The number of amides is 1. The number of fused-ring (bicyclic) bond motifs is 2. The number of pyridine rings is 1. The Balaban J connectivity index is 1.81. The number of hydrogen-bond donors (Lipinski definition) is 1. The summed E-state index contributed by atoms with van der Waals surface area (Å²) in [5.41, 5.74) is 3.32. The van der Waals surface area contributed by atoms with E-state index in [4.69, 9.17) is 9.72 Å². The highest BCUT2D eigenvalue weighted by atomic mass is 16.5. The van der Waals surface area contributed by atoms with Crippen LogP contribution >= 0.6 is 0 Å². The molecule has 0 unspecified atom stereocenters. The van der Waals surface area contributed by atoms with Crippen molar-refractivity contribution >= 4 is 33.7 Å². The highest BCUT2D eigenvalue weighted by molar-refractivity contribution is 6.08. The van der Waals surface area contributed by atoms with Crippen LogP contribution < -0.4 is 10.1 Å². The van der Waals surface area contributed by atoms with E-state index in [1.165, 1.54) is 0 Å². The van der Waals surface area contributed by atoms with Gasteiger partial charge < -0.3 is 10.1 Å². The summed E-state index contributed by atoms with van der Waals surface area (Å²) < 4.78 is 7.21. The Morgan fingerprint density at radius 3 is 2.59 bits per heavy atom. The predicted molar refractivity (Wildman–Crippen MR) is 116 cm³/mol. The van der Waals surface area contributed by atoms with E-state index in [-0.39, 0.29) is 5.91 Å². The van der Waals surface area contributed by atoms with Crippen molar-refractivity contribution in [2.75, 3.05) is 12.4 Å². The highest BCUT2D eigenvalue weighted by Gasteiger charge is 2.17. The van der Waals surface area contributed by atoms with Crippen molar-refractivity contribution in [2.45, 2.75) is 27.3 Å². The number of ether oxygens (including phenoxy) is 1. The Morgan fingerprint density at radius 1 is 1.14 bits per heavy atom. The van der Waals surface area contributed by atoms with Gasteiger partial charge >= 0.3 is 0 Å². The third-order valence-electron chi connectivity index (χ3n) is 4.81. The number of benzene rings is 2. The molecule has 4 aromatic rings. The van der Waals surface area contributed by atoms with E-state index >= 15 is 0 Å². The lowest BCUT2D eigenvalue weighted by Crippen LogP contribution is -2.13. The second-order valence-electron chi connectivity index (χ2n) is 7.66. The number of aryl methyl sites for hydroxylation is 1. The van der Waals surface area contributed by atoms with Gasteiger partial charge in [0.05, 0.1) is 18.0 Å². The molecule has 0 bridgehead atoms. The van der Waals surface area contributed by atoms with Crippen LogP contribution in [-0.4, -0.2) is 27.8 Å². The van der Waals surface area contributed by atoms with Gasteiger partial charge in [-0.05, 0) is 49.2 Å². The van der Waals surface area contributed by atoms with Crippen molar-refractivity contribution in [1.82, 2.24) is 14.8 Å². The third-order valence-corrected chi connectivity index (χ3v) is 4.81. The fourth-order valence-electron chi connectivity index (χ4n) is 3.31. The molecule has 29 heavy (non-hydrogen) atoms. The SMILES string of the molecule is COc1ccc2nc3c(cc2c1)c(NC(=O)c1ccc(C)cc1)nn3CC(C)C. The minimum atomic E-state index is -0.188. The first kappa shape index (κ1) is 18.9. The zero-order valence-corrected chi connectivity index (χ0v) is 17.1. The molecule has 6 nitrogen and oxygen atoms in total. The number of hydrogen-bond acceptors (Lipinski definition) is 4. The van der Waals surface area contributed by atoms with Crippen LogP contribution in [0.2, 0.25) is 0 Å². The van der Waals surface area contributed by atoms with Crippen LogP contribution in [0, 0.1) is 12.8 Å². The molecular formula is C23H24N4O2. The average molecular weight is 388 g/mol. The van der Waals surface area contributed by atoms with E-state index < -0.39 is 0 Å². The van der Waals surface area contributed by atoms with Gasteiger partial charge in [-0.2, -0.15) is 5.10 Å². The van der Waals surface area contributed by atoms with E-state index in [1.54, 1.807) is 7.11 Å². The summed E-state index contributed by atoms with van der Waals surface area (Å²) in [5.74, 6) is 1.49. The summed E-state index contributed by atoms with van der Waals surface area (Å²) in [4.78, 5) is 17.6. The van der Waals surface area contributed by atoms with Crippen molar-refractivity contribution in [3.8, 4) is 5.75 Å². The highest BCUT2D eigenvalue weighted by Crippen LogP contribution is 2.29. The van der Waals surface area contributed by atoms with Gasteiger partial charge in [-0.25, -0.2) is 9.67 Å². The maximum atomic E-state index is 12.8. The number of nitrogens with one attached hydrogen (secondary N) is 1. The number of rotatable bonds is 5. The predicted octanol–water partition coefficient (Wildman–Crippen LogP) is 4.81. The molecule has 0 spiro atoms. The summed E-state index contributed by atoms with van der Waals surface area (Å²) in [5, 5.41) is 9.38. The van der Waals surface area contributed by atoms with Crippen LogP contribution in [0.15, 0.2) is 48.5 Å². The summed E-state index contributed by atoms with van der Waals surface area (Å²) in [6.07, 6.45) is 0. The van der Waals surface area contributed by atoms with Gasteiger partial charge in [-0.15, -0.1) is 0 Å². The van der Waals surface area contributed by atoms with Crippen LogP contribution in [0.4, 0.5) is 5.82 Å².